The summed E-state index contributed by atoms with van der Waals surface area (Å²) < 4.78 is 9.99. The van der Waals surface area contributed by atoms with Crippen LogP contribution >= 0.6 is 0 Å². The third-order valence-corrected chi connectivity index (χ3v) is 2.77. The normalized spacial score (nSPS) is 35.4. The molecule has 20 heavy (non-hydrogen) atoms. The van der Waals surface area contributed by atoms with E-state index in [-0.39, 0.29) is 0 Å². The standard InChI is InChI=1S/C10H18N2O8/c1-3(14)12-5-7(16)6(15)4(2-13)19-10(5)20-8(11)9(17)18/h4-8,10,13,15-16H,2,11H2,1H3,(H,12,14)(H,17,18)/t4-,5-,6+,7-,8-,10-/m1/s1. The second-order valence-corrected chi connectivity index (χ2v) is 4.33. The number of hydrogen-bond donors (Lipinski definition) is 6. The first-order valence-electron chi connectivity index (χ1n) is 5.81. The summed E-state index contributed by atoms with van der Waals surface area (Å²) >= 11 is 0. The van der Waals surface area contributed by atoms with E-state index in [1.165, 1.54) is 0 Å². The molecule has 1 rings (SSSR count). The monoisotopic (exact) mass is 294 g/mol. The molecule has 1 aliphatic heterocycles. The summed E-state index contributed by atoms with van der Waals surface area (Å²) in [6.45, 7) is 0.526. The minimum Gasteiger partial charge on any atom is -0.478 e. The van der Waals surface area contributed by atoms with Gasteiger partial charge in [0.15, 0.2) is 6.29 Å². The molecular weight excluding hydrogens is 276 g/mol. The molecule has 10 nitrogen and oxygen atoms in total. The summed E-state index contributed by atoms with van der Waals surface area (Å²) in [4.78, 5) is 21.7. The van der Waals surface area contributed by atoms with Crippen molar-refractivity contribution in [2.75, 3.05) is 6.61 Å². The third kappa shape index (κ3) is 3.85. The van der Waals surface area contributed by atoms with Crippen molar-refractivity contribution in [2.45, 2.75) is 43.8 Å². The molecule has 0 radical (unpaired) electrons. The number of carbonyl (C=O) groups excluding carboxylic acids is 1. The van der Waals surface area contributed by atoms with Gasteiger partial charge in [-0.3, -0.25) is 10.5 Å². The largest absolute Gasteiger partial charge is 0.478 e. The SMILES string of the molecule is CC(=O)N[C@H]1[C@@H](O[C@@H](N)C(=O)O)O[C@H](CO)[C@H](O)[C@@H]1O. The highest BCUT2D eigenvalue weighted by Crippen LogP contribution is 2.22. The predicted molar refractivity (Wildman–Crippen MR) is 62.1 cm³/mol. The van der Waals surface area contributed by atoms with Crippen LogP contribution in [0.25, 0.3) is 0 Å². The number of nitrogens with one attached hydrogen (secondary N) is 1. The fourth-order valence-electron chi connectivity index (χ4n) is 1.79. The molecule has 1 fully saturated rings. The molecule has 0 unspecified atom stereocenters. The molecule has 0 aliphatic carbocycles. The second kappa shape index (κ2) is 6.92. The third-order valence-electron chi connectivity index (χ3n) is 2.77. The van der Waals surface area contributed by atoms with Crippen molar-refractivity contribution in [1.82, 2.24) is 5.32 Å². The van der Waals surface area contributed by atoms with Crippen molar-refractivity contribution in [3.05, 3.63) is 0 Å². The summed E-state index contributed by atoms with van der Waals surface area (Å²) in [6, 6.07) is -1.23. The van der Waals surface area contributed by atoms with Crippen molar-refractivity contribution in [3.63, 3.8) is 0 Å². The van der Waals surface area contributed by atoms with Crippen LogP contribution in [-0.4, -0.2) is 75.8 Å². The number of aliphatic carboxylic acids is 1. The zero-order valence-corrected chi connectivity index (χ0v) is 10.7. The number of carboxylic acid groups (broad SMARTS) is 1. The molecule has 1 aliphatic rings. The fraction of sp³-hybridized carbons (Fsp3) is 0.800. The van der Waals surface area contributed by atoms with Gasteiger partial charge in [0.2, 0.25) is 12.1 Å². The zero-order chi connectivity index (χ0) is 15.4. The van der Waals surface area contributed by atoms with Crippen LogP contribution in [0.2, 0.25) is 0 Å². The van der Waals surface area contributed by atoms with Crippen molar-refractivity contribution < 1.29 is 39.5 Å². The number of carbonyl (C=O) groups is 2. The van der Waals surface area contributed by atoms with E-state index >= 15 is 0 Å². The average Bonchev–Trinajstić information content (AvgIpc) is 2.37. The molecule has 7 N–H and O–H groups in total. The van der Waals surface area contributed by atoms with Crippen LogP contribution in [-0.2, 0) is 19.1 Å². The van der Waals surface area contributed by atoms with Crippen LogP contribution in [0.15, 0.2) is 0 Å². The van der Waals surface area contributed by atoms with Gasteiger partial charge in [-0.25, -0.2) is 4.79 Å². The van der Waals surface area contributed by atoms with E-state index in [1.807, 2.05) is 0 Å². The van der Waals surface area contributed by atoms with Crippen molar-refractivity contribution in [2.24, 2.45) is 5.73 Å². The smallest absolute Gasteiger partial charge is 0.348 e. The summed E-state index contributed by atoms with van der Waals surface area (Å²) in [5, 5.41) is 39.5. The minimum absolute atomic E-state index is 0.551. The minimum atomic E-state index is -1.75. The Hall–Kier alpha value is -1.30. The van der Waals surface area contributed by atoms with E-state index in [2.05, 4.69) is 5.32 Å². The lowest BCUT2D eigenvalue weighted by atomic mass is 9.97. The first kappa shape index (κ1) is 16.8. The second-order valence-electron chi connectivity index (χ2n) is 4.33. The Morgan fingerprint density at radius 2 is 2.00 bits per heavy atom. The van der Waals surface area contributed by atoms with E-state index in [1.54, 1.807) is 0 Å². The lowest BCUT2D eigenvalue weighted by Gasteiger charge is -2.42. The maximum Gasteiger partial charge on any atom is 0.348 e. The summed E-state index contributed by atoms with van der Waals surface area (Å²) in [5.74, 6) is -2.03. The van der Waals surface area contributed by atoms with Crippen molar-refractivity contribution >= 4 is 11.9 Å². The Morgan fingerprint density at radius 1 is 1.40 bits per heavy atom. The molecule has 0 spiro atoms. The lowest BCUT2D eigenvalue weighted by Crippen LogP contribution is -2.65. The molecular formula is C10H18N2O8. The Kier molecular flexibility index (Phi) is 5.80. The van der Waals surface area contributed by atoms with Crippen molar-refractivity contribution in [3.8, 4) is 0 Å². The maximum atomic E-state index is 11.1. The summed E-state index contributed by atoms with van der Waals surface area (Å²) in [6.07, 6.45) is -7.37. The van der Waals surface area contributed by atoms with Gasteiger partial charge < -0.3 is 35.2 Å². The molecule has 0 aromatic rings. The fourth-order valence-corrected chi connectivity index (χ4v) is 1.79. The highest BCUT2D eigenvalue weighted by atomic mass is 16.7. The van der Waals surface area contributed by atoms with E-state index in [0.717, 1.165) is 6.92 Å². The molecule has 0 bridgehead atoms. The van der Waals surface area contributed by atoms with E-state index in [4.69, 9.17) is 25.4 Å². The number of nitrogens with two attached hydrogens (primary N) is 1. The first-order chi connectivity index (χ1) is 9.27. The molecule has 1 heterocycles. The lowest BCUT2D eigenvalue weighted by molar-refractivity contribution is -0.280. The van der Waals surface area contributed by atoms with Gasteiger partial charge in [0.1, 0.15) is 24.4 Å². The molecule has 1 saturated heterocycles. The molecule has 0 aromatic heterocycles. The predicted octanol–water partition coefficient (Wildman–Crippen LogP) is -3.68. The number of hydrogen-bond acceptors (Lipinski definition) is 8. The highest BCUT2D eigenvalue weighted by molar-refractivity contribution is 5.73. The van der Waals surface area contributed by atoms with Crippen LogP contribution < -0.4 is 11.1 Å². The number of aliphatic hydroxyl groups excluding tert-OH is 3. The number of carboxylic acids is 1. The molecule has 116 valence electrons. The number of rotatable bonds is 5. The van der Waals surface area contributed by atoms with Crippen molar-refractivity contribution in [1.29, 1.82) is 0 Å². The zero-order valence-electron chi connectivity index (χ0n) is 10.7. The molecule has 1 amide bonds. The Labute approximate surface area is 114 Å². The van der Waals surface area contributed by atoms with Gasteiger partial charge in [0.05, 0.1) is 6.61 Å². The van der Waals surface area contributed by atoms with Crippen LogP contribution in [0.3, 0.4) is 0 Å². The average molecular weight is 294 g/mol. The Bertz CT molecular complexity index is 365. The molecule has 6 atom stereocenters. The number of ether oxygens (including phenoxy) is 2. The van der Waals surface area contributed by atoms with E-state index in [0.29, 0.717) is 0 Å². The first-order valence-corrected chi connectivity index (χ1v) is 5.81. The Balaban J connectivity index is 2.88. The van der Waals surface area contributed by atoms with Crippen LogP contribution in [0.5, 0.6) is 0 Å². The summed E-state index contributed by atoms with van der Waals surface area (Å²) in [5.41, 5.74) is 5.19. The topological polar surface area (TPSA) is 172 Å². The van der Waals surface area contributed by atoms with Gasteiger partial charge in [-0.1, -0.05) is 0 Å². The highest BCUT2D eigenvalue weighted by Gasteiger charge is 2.46. The van der Waals surface area contributed by atoms with Crippen LogP contribution in [0.4, 0.5) is 0 Å². The van der Waals surface area contributed by atoms with Gasteiger partial charge in [-0.15, -0.1) is 0 Å². The van der Waals surface area contributed by atoms with Crippen LogP contribution in [0, 0.1) is 0 Å². The van der Waals surface area contributed by atoms with Gasteiger partial charge >= 0.3 is 5.97 Å². The number of aliphatic hydroxyl groups is 3. The van der Waals surface area contributed by atoms with Gasteiger partial charge in [0.25, 0.3) is 0 Å². The molecule has 0 saturated carbocycles. The molecule has 0 aromatic carbocycles. The van der Waals surface area contributed by atoms with E-state index < -0.39 is 55.4 Å². The summed E-state index contributed by atoms with van der Waals surface area (Å²) in [7, 11) is 0. The van der Waals surface area contributed by atoms with Gasteiger partial charge in [-0.05, 0) is 0 Å². The van der Waals surface area contributed by atoms with E-state index in [9.17, 15) is 19.8 Å². The Morgan fingerprint density at radius 3 is 2.45 bits per heavy atom. The van der Waals surface area contributed by atoms with Gasteiger partial charge in [0, 0.05) is 6.92 Å². The van der Waals surface area contributed by atoms with Gasteiger partial charge in [-0.2, -0.15) is 0 Å². The quantitative estimate of drug-likeness (QED) is 0.279. The van der Waals surface area contributed by atoms with Crippen LogP contribution in [0.1, 0.15) is 6.92 Å². The molecule has 10 heteroatoms. The maximum absolute atomic E-state index is 11.1. The number of amides is 1.